The lowest BCUT2D eigenvalue weighted by atomic mass is 9.90. The maximum atomic E-state index is 11.2. The van der Waals surface area contributed by atoms with Gasteiger partial charge in [0.2, 0.25) is 5.54 Å². The highest BCUT2D eigenvalue weighted by molar-refractivity contribution is 5.33. The zero-order valence-electron chi connectivity index (χ0n) is 9.87. The van der Waals surface area contributed by atoms with Crippen molar-refractivity contribution in [2.45, 2.75) is 37.6 Å². The van der Waals surface area contributed by atoms with Crippen LogP contribution in [0.2, 0.25) is 0 Å². The van der Waals surface area contributed by atoms with Crippen molar-refractivity contribution in [3.05, 3.63) is 50.1 Å². The average Bonchev–Trinajstić information content (AvgIpc) is 2.79. The van der Waals surface area contributed by atoms with E-state index < -0.39 is 10.5 Å². The summed E-state index contributed by atoms with van der Waals surface area (Å²) in [6.45, 7) is 0. The SMILES string of the molecule is O=[N+]([O-])c1ccc(CC2([N+](=O)[O-])CCCC2)cc1. The molecule has 2 rings (SSSR count). The first-order valence-electron chi connectivity index (χ1n) is 5.91. The van der Waals surface area contributed by atoms with Crippen LogP contribution in [0, 0.1) is 20.2 Å². The molecular formula is C12H14N2O4. The van der Waals surface area contributed by atoms with Crippen LogP contribution in [0.1, 0.15) is 31.2 Å². The number of benzene rings is 1. The molecular weight excluding hydrogens is 236 g/mol. The van der Waals surface area contributed by atoms with Gasteiger partial charge in [-0.15, -0.1) is 0 Å². The Kier molecular flexibility index (Phi) is 3.27. The lowest BCUT2D eigenvalue weighted by Gasteiger charge is -2.19. The monoisotopic (exact) mass is 250 g/mol. The van der Waals surface area contributed by atoms with E-state index in [0.29, 0.717) is 19.3 Å². The van der Waals surface area contributed by atoms with Crippen molar-refractivity contribution in [1.29, 1.82) is 0 Å². The van der Waals surface area contributed by atoms with Crippen molar-refractivity contribution < 1.29 is 9.85 Å². The zero-order chi connectivity index (χ0) is 13.2. The number of nitrogens with zero attached hydrogens (tertiary/aromatic N) is 2. The van der Waals surface area contributed by atoms with Gasteiger partial charge in [0.05, 0.1) is 4.92 Å². The summed E-state index contributed by atoms with van der Waals surface area (Å²) < 4.78 is 0. The van der Waals surface area contributed by atoms with Gasteiger partial charge in [0, 0.05) is 36.3 Å². The summed E-state index contributed by atoms with van der Waals surface area (Å²) in [5.41, 5.74) is -0.0598. The van der Waals surface area contributed by atoms with Crippen LogP contribution in [0.3, 0.4) is 0 Å². The van der Waals surface area contributed by atoms with E-state index in [-0.39, 0.29) is 10.6 Å². The highest BCUT2D eigenvalue weighted by Crippen LogP contribution is 2.35. The van der Waals surface area contributed by atoms with Crippen LogP contribution in [-0.4, -0.2) is 15.4 Å². The van der Waals surface area contributed by atoms with Gasteiger partial charge in [-0.1, -0.05) is 12.1 Å². The van der Waals surface area contributed by atoms with Gasteiger partial charge < -0.3 is 0 Å². The van der Waals surface area contributed by atoms with Crippen molar-refractivity contribution in [3.63, 3.8) is 0 Å². The van der Waals surface area contributed by atoms with Gasteiger partial charge in [-0.2, -0.15) is 0 Å². The smallest absolute Gasteiger partial charge is 0.264 e. The molecule has 0 unspecified atom stereocenters. The van der Waals surface area contributed by atoms with Gasteiger partial charge in [-0.25, -0.2) is 0 Å². The van der Waals surface area contributed by atoms with Crippen molar-refractivity contribution in [1.82, 2.24) is 0 Å². The second kappa shape index (κ2) is 4.72. The van der Waals surface area contributed by atoms with E-state index in [2.05, 4.69) is 0 Å². The van der Waals surface area contributed by atoms with Gasteiger partial charge in [0.25, 0.3) is 5.69 Å². The molecule has 0 heterocycles. The third kappa shape index (κ3) is 2.32. The summed E-state index contributed by atoms with van der Waals surface area (Å²) in [4.78, 5) is 21.1. The van der Waals surface area contributed by atoms with E-state index in [9.17, 15) is 20.2 Å². The first-order valence-corrected chi connectivity index (χ1v) is 5.91. The molecule has 0 spiro atoms. The molecule has 0 amide bonds. The highest BCUT2D eigenvalue weighted by atomic mass is 16.6. The molecule has 0 aliphatic heterocycles. The van der Waals surface area contributed by atoms with E-state index in [4.69, 9.17) is 0 Å². The number of hydrogen-bond acceptors (Lipinski definition) is 4. The van der Waals surface area contributed by atoms with E-state index in [1.165, 1.54) is 12.1 Å². The Labute approximate surface area is 104 Å². The van der Waals surface area contributed by atoms with Crippen LogP contribution >= 0.6 is 0 Å². The molecule has 6 heteroatoms. The van der Waals surface area contributed by atoms with Crippen LogP contribution in [0.25, 0.3) is 0 Å². The fourth-order valence-electron chi connectivity index (χ4n) is 2.57. The maximum absolute atomic E-state index is 11.2. The number of nitro groups is 2. The van der Waals surface area contributed by atoms with Crippen LogP contribution in [0.15, 0.2) is 24.3 Å². The first kappa shape index (κ1) is 12.5. The normalized spacial score (nSPS) is 17.6. The maximum Gasteiger partial charge on any atom is 0.269 e. The molecule has 0 aromatic heterocycles. The number of nitro benzene ring substituents is 1. The Morgan fingerprint density at radius 1 is 1.06 bits per heavy atom. The molecule has 96 valence electrons. The Morgan fingerprint density at radius 2 is 1.61 bits per heavy atom. The number of hydrogen-bond donors (Lipinski definition) is 0. The predicted molar refractivity (Wildman–Crippen MR) is 65.0 cm³/mol. The number of rotatable bonds is 4. The molecule has 0 N–H and O–H groups in total. The molecule has 1 aliphatic rings. The fraction of sp³-hybridized carbons (Fsp3) is 0.500. The van der Waals surface area contributed by atoms with E-state index in [1.54, 1.807) is 12.1 Å². The summed E-state index contributed by atoms with van der Waals surface area (Å²) in [6.07, 6.45) is 3.31. The van der Waals surface area contributed by atoms with Gasteiger partial charge in [0.1, 0.15) is 0 Å². The van der Waals surface area contributed by atoms with E-state index in [0.717, 1.165) is 18.4 Å². The van der Waals surface area contributed by atoms with Crippen molar-refractivity contribution in [3.8, 4) is 0 Å². The molecule has 6 nitrogen and oxygen atoms in total. The molecule has 1 aromatic carbocycles. The lowest BCUT2D eigenvalue weighted by Crippen LogP contribution is -2.37. The third-order valence-corrected chi connectivity index (χ3v) is 3.60. The molecule has 0 atom stereocenters. The Balaban J connectivity index is 2.17. The summed E-state index contributed by atoms with van der Waals surface area (Å²) >= 11 is 0. The van der Waals surface area contributed by atoms with Gasteiger partial charge in [-0.05, 0) is 18.4 Å². The minimum absolute atomic E-state index is 0.0142. The highest BCUT2D eigenvalue weighted by Gasteiger charge is 2.45. The third-order valence-electron chi connectivity index (χ3n) is 3.60. The summed E-state index contributed by atoms with van der Waals surface area (Å²) in [5.74, 6) is 0. The van der Waals surface area contributed by atoms with Crippen molar-refractivity contribution in [2.75, 3.05) is 0 Å². The first-order chi connectivity index (χ1) is 8.53. The average molecular weight is 250 g/mol. The summed E-state index contributed by atoms with van der Waals surface area (Å²) in [7, 11) is 0. The molecule has 18 heavy (non-hydrogen) atoms. The van der Waals surface area contributed by atoms with E-state index in [1.807, 2.05) is 0 Å². The fourth-order valence-corrected chi connectivity index (χ4v) is 2.57. The second-order valence-electron chi connectivity index (χ2n) is 4.79. The molecule has 1 aromatic rings. The van der Waals surface area contributed by atoms with Crippen molar-refractivity contribution in [2.24, 2.45) is 0 Å². The van der Waals surface area contributed by atoms with E-state index >= 15 is 0 Å². The second-order valence-corrected chi connectivity index (χ2v) is 4.79. The van der Waals surface area contributed by atoms with Crippen LogP contribution in [0.5, 0.6) is 0 Å². The standard InChI is InChI=1S/C12H14N2O4/c15-13(16)11-5-3-10(4-6-11)9-12(14(17)18)7-1-2-8-12/h3-6H,1-2,7-9H2. The number of non-ortho nitro benzene ring substituents is 1. The van der Waals surface area contributed by atoms with Crippen molar-refractivity contribution >= 4 is 5.69 Å². The van der Waals surface area contributed by atoms with Crippen LogP contribution in [0.4, 0.5) is 5.69 Å². The topological polar surface area (TPSA) is 86.3 Å². The molecule has 0 radical (unpaired) electrons. The molecule has 1 fully saturated rings. The largest absolute Gasteiger partial charge is 0.269 e. The van der Waals surface area contributed by atoms with Gasteiger partial charge in [-0.3, -0.25) is 20.2 Å². The Bertz CT molecular complexity index is 463. The molecule has 1 saturated carbocycles. The summed E-state index contributed by atoms with van der Waals surface area (Å²) in [5, 5.41) is 21.7. The molecule has 0 bridgehead atoms. The lowest BCUT2D eigenvalue weighted by molar-refractivity contribution is -0.568. The minimum Gasteiger partial charge on any atom is -0.264 e. The van der Waals surface area contributed by atoms with Gasteiger partial charge in [0.15, 0.2) is 0 Å². The molecule has 1 aliphatic carbocycles. The van der Waals surface area contributed by atoms with Crippen LogP contribution in [-0.2, 0) is 6.42 Å². The molecule has 0 saturated heterocycles. The summed E-state index contributed by atoms with van der Waals surface area (Å²) in [6, 6.07) is 6.03. The Hall–Kier alpha value is -1.98. The Morgan fingerprint density at radius 3 is 2.06 bits per heavy atom. The predicted octanol–water partition coefficient (Wildman–Crippen LogP) is 2.73. The van der Waals surface area contributed by atoms with Crippen LogP contribution < -0.4 is 0 Å². The quantitative estimate of drug-likeness (QED) is 0.607. The van der Waals surface area contributed by atoms with Gasteiger partial charge >= 0.3 is 0 Å². The zero-order valence-corrected chi connectivity index (χ0v) is 9.87. The minimum atomic E-state index is -0.865.